The number of pyridine rings is 1. The van der Waals surface area contributed by atoms with Crippen molar-refractivity contribution in [3.8, 4) is 0 Å². The van der Waals surface area contributed by atoms with Crippen LogP contribution in [0.4, 0.5) is 10.1 Å². The summed E-state index contributed by atoms with van der Waals surface area (Å²) in [6, 6.07) is 16.8. The number of nitrogens with zero attached hydrogens (tertiary/aromatic N) is 2. The second kappa shape index (κ2) is 7.21. The molecule has 2 N–H and O–H groups in total. The summed E-state index contributed by atoms with van der Waals surface area (Å²) in [6.45, 7) is 0. The van der Waals surface area contributed by atoms with E-state index in [0.29, 0.717) is 22.3 Å². The summed E-state index contributed by atoms with van der Waals surface area (Å²) in [5.41, 5.74) is 1.86. The van der Waals surface area contributed by atoms with E-state index in [0.717, 1.165) is 5.52 Å². The molecule has 7 heteroatoms. The maximum Gasteiger partial charge on any atom is 0.300 e. The number of amides is 1. The van der Waals surface area contributed by atoms with E-state index in [2.05, 4.69) is 9.97 Å². The standard InChI is InChI=1S/C24H16FN3O3/c25-14-8-10-15(11-9-14)28-21(19-7-3-4-12-26-19)20(23(30)24(28)31)22(29)17-13-27-18-6-2-1-5-16(17)18/h1-13,21,27,29H/b22-20-. The van der Waals surface area contributed by atoms with E-state index in [1.165, 1.54) is 29.2 Å². The van der Waals surface area contributed by atoms with Gasteiger partial charge in [-0.05, 0) is 42.5 Å². The second-order valence-electron chi connectivity index (χ2n) is 7.15. The predicted molar refractivity (Wildman–Crippen MR) is 114 cm³/mol. The molecule has 31 heavy (non-hydrogen) atoms. The molecule has 4 aromatic rings. The first-order valence-electron chi connectivity index (χ1n) is 9.60. The molecule has 0 saturated carbocycles. The zero-order valence-electron chi connectivity index (χ0n) is 16.1. The van der Waals surface area contributed by atoms with Crippen molar-refractivity contribution in [3.63, 3.8) is 0 Å². The lowest BCUT2D eigenvalue weighted by molar-refractivity contribution is -0.132. The number of carbonyl (C=O) groups is 2. The van der Waals surface area contributed by atoms with Gasteiger partial charge in [-0.15, -0.1) is 0 Å². The van der Waals surface area contributed by atoms with Gasteiger partial charge in [0.05, 0.1) is 11.3 Å². The van der Waals surface area contributed by atoms with Crippen molar-refractivity contribution < 1.29 is 19.1 Å². The molecule has 1 saturated heterocycles. The molecule has 6 nitrogen and oxygen atoms in total. The number of carbonyl (C=O) groups excluding carboxylic acids is 2. The molecule has 1 aliphatic rings. The molecule has 2 aromatic heterocycles. The van der Waals surface area contributed by atoms with Crippen molar-refractivity contribution in [1.29, 1.82) is 0 Å². The Bertz CT molecular complexity index is 1340. The van der Waals surface area contributed by atoms with Crippen LogP contribution < -0.4 is 4.90 Å². The highest BCUT2D eigenvalue weighted by Gasteiger charge is 2.47. The molecule has 1 atom stereocenters. The lowest BCUT2D eigenvalue weighted by Gasteiger charge is -2.24. The number of H-pyrrole nitrogens is 1. The molecule has 1 unspecified atom stereocenters. The maximum atomic E-state index is 13.5. The van der Waals surface area contributed by atoms with Crippen LogP contribution >= 0.6 is 0 Å². The number of ketones is 1. The molecule has 0 bridgehead atoms. The highest BCUT2D eigenvalue weighted by atomic mass is 19.1. The minimum absolute atomic E-state index is 0.0715. The summed E-state index contributed by atoms with van der Waals surface area (Å²) in [6.07, 6.45) is 3.15. The fraction of sp³-hybridized carbons (Fsp3) is 0.0417. The van der Waals surface area contributed by atoms with Gasteiger partial charge in [-0.1, -0.05) is 24.3 Å². The van der Waals surface area contributed by atoms with E-state index in [1.807, 2.05) is 24.3 Å². The minimum Gasteiger partial charge on any atom is -0.507 e. The lowest BCUT2D eigenvalue weighted by Crippen LogP contribution is -2.29. The van der Waals surface area contributed by atoms with Gasteiger partial charge in [0, 0.05) is 34.5 Å². The number of aliphatic hydroxyl groups is 1. The van der Waals surface area contributed by atoms with Gasteiger partial charge in [0.15, 0.2) is 0 Å². The number of benzene rings is 2. The first-order chi connectivity index (χ1) is 15.1. The van der Waals surface area contributed by atoms with Crippen LogP contribution in [0, 0.1) is 5.82 Å². The first-order valence-corrected chi connectivity index (χ1v) is 9.60. The van der Waals surface area contributed by atoms with Crippen LogP contribution in [0.15, 0.2) is 84.7 Å². The average molecular weight is 413 g/mol. The number of aromatic nitrogens is 2. The molecular formula is C24H16FN3O3. The van der Waals surface area contributed by atoms with E-state index in [9.17, 15) is 19.1 Å². The number of anilines is 1. The quantitative estimate of drug-likeness (QED) is 0.297. The molecule has 5 rings (SSSR count). The third kappa shape index (κ3) is 2.98. The second-order valence-corrected chi connectivity index (χ2v) is 7.15. The van der Waals surface area contributed by atoms with E-state index in [-0.39, 0.29) is 11.3 Å². The van der Waals surface area contributed by atoms with Crippen molar-refractivity contribution >= 4 is 34.0 Å². The Morgan fingerprint density at radius 2 is 1.74 bits per heavy atom. The van der Waals surface area contributed by atoms with Crippen molar-refractivity contribution in [1.82, 2.24) is 9.97 Å². The third-order valence-corrected chi connectivity index (χ3v) is 5.36. The predicted octanol–water partition coefficient (Wildman–Crippen LogP) is 4.33. The number of aliphatic hydroxyl groups excluding tert-OH is 1. The van der Waals surface area contributed by atoms with Gasteiger partial charge in [0.2, 0.25) is 0 Å². The number of halogens is 1. The molecule has 152 valence electrons. The first kappa shape index (κ1) is 18.7. The number of para-hydroxylation sites is 1. The summed E-state index contributed by atoms with van der Waals surface area (Å²) >= 11 is 0. The number of nitrogens with one attached hydrogen (secondary N) is 1. The number of Topliss-reactive ketones (excluding diaryl/α,β-unsaturated/α-hetero) is 1. The van der Waals surface area contributed by atoms with E-state index >= 15 is 0 Å². The molecular weight excluding hydrogens is 397 g/mol. The highest BCUT2D eigenvalue weighted by molar-refractivity contribution is 6.51. The van der Waals surface area contributed by atoms with Gasteiger partial charge in [-0.2, -0.15) is 0 Å². The van der Waals surface area contributed by atoms with E-state index < -0.39 is 23.5 Å². The summed E-state index contributed by atoms with van der Waals surface area (Å²) in [4.78, 5) is 34.7. The van der Waals surface area contributed by atoms with Gasteiger partial charge in [-0.3, -0.25) is 19.5 Å². The number of aromatic amines is 1. The highest BCUT2D eigenvalue weighted by Crippen LogP contribution is 2.42. The van der Waals surface area contributed by atoms with Gasteiger partial charge < -0.3 is 10.1 Å². The number of hydrogen-bond donors (Lipinski definition) is 2. The monoisotopic (exact) mass is 413 g/mol. The summed E-state index contributed by atoms with van der Waals surface area (Å²) in [7, 11) is 0. The van der Waals surface area contributed by atoms with Crippen LogP contribution in [0.5, 0.6) is 0 Å². The SMILES string of the molecule is O=C1C(=O)N(c2ccc(F)cc2)C(c2ccccn2)/C1=C(/O)c1c[nH]c2ccccc12. The van der Waals surface area contributed by atoms with Gasteiger partial charge in [0.25, 0.3) is 11.7 Å². The Morgan fingerprint density at radius 3 is 2.48 bits per heavy atom. The summed E-state index contributed by atoms with van der Waals surface area (Å²) in [5, 5.41) is 11.9. The third-order valence-electron chi connectivity index (χ3n) is 5.36. The van der Waals surface area contributed by atoms with Crippen LogP contribution in [0.1, 0.15) is 17.3 Å². The fourth-order valence-electron chi connectivity index (χ4n) is 3.93. The Kier molecular flexibility index (Phi) is 4.36. The molecule has 1 fully saturated rings. The zero-order valence-corrected chi connectivity index (χ0v) is 16.1. The Morgan fingerprint density at radius 1 is 1.00 bits per heavy atom. The van der Waals surface area contributed by atoms with Gasteiger partial charge in [-0.25, -0.2) is 4.39 Å². The Hall–Kier alpha value is -4.26. The topological polar surface area (TPSA) is 86.3 Å². The van der Waals surface area contributed by atoms with Crippen LogP contribution in [0.3, 0.4) is 0 Å². The molecule has 0 radical (unpaired) electrons. The van der Waals surface area contributed by atoms with E-state index in [4.69, 9.17) is 0 Å². The average Bonchev–Trinajstić information content (AvgIpc) is 3.34. The molecule has 1 amide bonds. The maximum absolute atomic E-state index is 13.5. The number of hydrogen-bond acceptors (Lipinski definition) is 4. The van der Waals surface area contributed by atoms with Crippen LogP contribution in [-0.2, 0) is 9.59 Å². The minimum atomic E-state index is -0.958. The smallest absolute Gasteiger partial charge is 0.300 e. The number of fused-ring (bicyclic) bond motifs is 1. The largest absolute Gasteiger partial charge is 0.507 e. The number of rotatable bonds is 3. The van der Waals surface area contributed by atoms with Crippen molar-refractivity contribution in [2.75, 3.05) is 4.90 Å². The molecule has 1 aliphatic heterocycles. The normalized spacial score (nSPS) is 18.1. The Balaban J connectivity index is 1.75. The Labute approximate surface area is 176 Å². The molecule has 3 heterocycles. The molecule has 0 spiro atoms. The fourth-order valence-corrected chi connectivity index (χ4v) is 3.93. The molecule has 0 aliphatic carbocycles. The summed E-state index contributed by atoms with van der Waals surface area (Å²) < 4.78 is 13.5. The lowest BCUT2D eigenvalue weighted by atomic mass is 9.98. The van der Waals surface area contributed by atoms with Gasteiger partial charge >= 0.3 is 0 Å². The van der Waals surface area contributed by atoms with Crippen LogP contribution in [0.25, 0.3) is 16.7 Å². The van der Waals surface area contributed by atoms with Gasteiger partial charge in [0.1, 0.15) is 17.6 Å². The van der Waals surface area contributed by atoms with Crippen LogP contribution in [-0.4, -0.2) is 26.8 Å². The van der Waals surface area contributed by atoms with Crippen molar-refractivity contribution in [3.05, 3.63) is 102 Å². The van der Waals surface area contributed by atoms with E-state index in [1.54, 1.807) is 30.6 Å². The zero-order chi connectivity index (χ0) is 21.5. The van der Waals surface area contributed by atoms with Crippen molar-refractivity contribution in [2.45, 2.75) is 6.04 Å². The van der Waals surface area contributed by atoms with Crippen molar-refractivity contribution in [2.24, 2.45) is 0 Å². The summed E-state index contributed by atoms with van der Waals surface area (Å²) in [5.74, 6) is -2.41. The molecule has 2 aromatic carbocycles. The van der Waals surface area contributed by atoms with Crippen LogP contribution in [0.2, 0.25) is 0 Å².